The number of benzene rings is 18. The van der Waals surface area contributed by atoms with Crippen molar-refractivity contribution in [1.82, 2.24) is 0 Å². The van der Waals surface area contributed by atoms with Gasteiger partial charge >= 0.3 is 31.3 Å². The van der Waals surface area contributed by atoms with Gasteiger partial charge in [0.05, 0.1) is 52.9 Å². The maximum atomic E-state index is 14.0. The average molecular weight is 2170 g/mol. The predicted molar refractivity (Wildman–Crippen MR) is 604 cm³/mol. The second kappa shape index (κ2) is 45.7. The number of hydrogen-bond acceptors (Lipinski definition) is 20. The molecule has 0 aliphatic carbocycles. The third-order valence-corrected chi connectivity index (χ3v) is 31.0. The summed E-state index contributed by atoms with van der Waals surface area (Å²) in [5.41, 5.74) is 12.1. The lowest BCUT2D eigenvalue weighted by atomic mass is 9.91. The smallest absolute Gasteiger partial charge is 0.455 e. The molecular weight excluding hydrogens is 2070 g/mol. The van der Waals surface area contributed by atoms with Crippen molar-refractivity contribution in [1.29, 1.82) is 0 Å². The van der Waals surface area contributed by atoms with Crippen LogP contribution in [-0.4, -0.2) is 61.4 Å². The Bertz CT molecular complexity index is 7850. The van der Waals surface area contributed by atoms with Crippen LogP contribution in [0.25, 0.3) is 220 Å². The second-order valence-corrected chi connectivity index (χ2v) is 44.1. The number of rotatable bonds is 32. The zero-order valence-corrected chi connectivity index (χ0v) is 89.5. The summed E-state index contributed by atoms with van der Waals surface area (Å²) in [6.07, 6.45) is 0. The van der Waals surface area contributed by atoms with Gasteiger partial charge in [-0.1, -0.05) is 337 Å². The van der Waals surface area contributed by atoms with Crippen LogP contribution in [0.5, 0.6) is 23.0 Å². The molecule has 0 saturated carbocycles. The first-order valence-corrected chi connectivity index (χ1v) is 56.6. The van der Waals surface area contributed by atoms with Crippen LogP contribution in [0, 0.1) is 0 Å². The minimum Gasteiger partial charge on any atom is -0.455 e. The van der Waals surface area contributed by atoms with Crippen LogP contribution in [0.4, 0.5) is 0 Å². The second-order valence-electron chi connectivity index (χ2n) is 33.8. The third-order valence-electron chi connectivity index (χ3n) is 24.7. The Morgan fingerprint density at radius 3 is 0.520 bits per heavy atom. The summed E-state index contributed by atoms with van der Waals surface area (Å²) < 4.78 is 152. The summed E-state index contributed by atoms with van der Waals surface area (Å²) in [7, 11) is -16.0. The van der Waals surface area contributed by atoms with E-state index in [1.54, 1.807) is 55.4 Å². The van der Waals surface area contributed by atoms with E-state index in [0.29, 0.717) is 90.6 Å². The highest BCUT2D eigenvalue weighted by molar-refractivity contribution is 7.49. The fourth-order valence-electron chi connectivity index (χ4n) is 19.0. The normalized spacial score (nSPS) is 12.1. The number of phosphoric acid groups is 4. The van der Waals surface area contributed by atoms with Crippen LogP contribution in [0.2, 0.25) is 0 Å². The molecule has 148 heavy (non-hydrogen) atoms. The number of halogens is 6. The van der Waals surface area contributed by atoms with E-state index in [1.807, 2.05) is 243 Å². The van der Waals surface area contributed by atoms with E-state index in [1.165, 1.54) is 0 Å². The van der Waals surface area contributed by atoms with Crippen LogP contribution < -0.4 is 18.1 Å². The maximum Gasteiger partial charge on any atom is 0.530 e. The van der Waals surface area contributed by atoms with Crippen molar-refractivity contribution in [3.8, 4) is 113 Å². The lowest BCUT2D eigenvalue weighted by molar-refractivity contribution is 0.166. The van der Waals surface area contributed by atoms with E-state index >= 15 is 0 Å². The van der Waals surface area contributed by atoms with Crippen molar-refractivity contribution in [3.63, 3.8) is 0 Å². The van der Waals surface area contributed by atoms with Gasteiger partial charge in [0.2, 0.25) is 0 Å². The van der Waals surface area contributed by atoms with Crippen molar-refractivity contribution in [2.75, 3.05) is 52.9 Å². The summed E-state index contributed by atoms with van der Waals surface area (Å²) in [5, 5.41) is 18.8. The van der Waals surface area contributed by atoms with Gasteiger partial charge in [0.1, 0.15) is 68.4 Å². The summed E-state index contributed by atoms with van der Waals surface area (Å²) in [6.45, 7) is 15.2. The largest absolute Gasteiger partial charge is 0.530 e. The molecular formula is C118H98Cl6O20P4. The zero-order chi connectivity index (χ0) is 103. The monoisotopic (exact) mass is 2170 g/mol. The molecule has 0 unspecified atom stereocenters. The Kier molecular flexibility index (Phi) is 32.2. The lowest BCUT2D eigenvalue weighted by Gasteiger charge is -2.21. The molecule has 0 spiro atoms. The summed E-state index contributed by atoms with van der Waals surface area (Å²) in [4.78, 5) is 0. The minimum atomic E-state index is -3.99. The van der Waals surface area contributed by atoms with Crippen molar-refractivity contribution in [3.05, 3.63) is 340 Å². The summed E-state index contributed by atoms with van der Waals surface area (Å²) in [5.74, 6) is 4.05. The van der Waals surface area contributed by atoms with Gasteiger partial charge in [-0.2, -0.15) is 0 Å². The van der Waals surface area contributed by atoms with Crippen LogP contribution in [-0.2, 0) is 54.5 Å². The Balaban J connectivity index is 0.000000174. The molecule has 20 nitrogen and oxygen atoms in total. The average Bonchev–Trinajstić information content (AvgIpc) is 1.47. The maximum absolute atomic E-state index is 14.0. The number of hydrogen-bond donors (Lipinski definition) is 0. The van der Waals surface area contributed by atoms with Crippen molar-refractivity contribution in [2.24, 2.45) is 0 Å². The topological polar surface area (TPSA) is 232 Å². The molecule has 0 N–H and O–H groups in total. The summed E-state index contributed by atoms with van der Waals surface area (Å²) >= 11 is 28.8. The quantitative estimate of drug-likeness (QED) is 0.0282. The first kappa shape index (κ1) is 104. The number of furan rings is 4. The highest BCUT2D eigenvalue weighted by atomic mass is 35.6. The van der Waals surface area contributed by atoms with Crippen molar-refractivity contribution in [2.45, 2.75) is 64.0 Å². The molecule has 0 bridgehead atoms. The molecule has 4 aromatic heterocycles. The Morgan fingerprint density at radius 1 is 0.196 bits per heavy atom. The number of alkyl halides is 6. The van der Waals surface area contributed by atoms with Crippen molar-refractivity contribution >= 4 is 231 Å². The number of fused-ring (bicyclic) bond motifs is 12. The molecule has 752 valence electrons. The van der Waals surface area contributed by atoms with E-state index in [4.69, 9.17) is 142 Å². The molecule has 0 radical (unpaired) electrons. The van der Waals surface area contributed by atoms with Gasteiger partial charge in [-0.25, -0.2) is 18.3 Å². The molecule has 0 amide bonds. The van der Waals surface area contributed by atoms with Crippen LogP contribution >= 0.6 is 101 Å². The van der Waals surface area contributed by atoms with Gasteiger partial charge in [-0.05, 0) is 214 Å². The molecule has 0 fully saturated rings. The first-order chi connectivity index (χ1) is 71.9. The van der Waals surface area contributed by atoms with Gasteiger partial charge in [0.15, 0.2) is 8.59 Å². The Hall–Kier alpha value is -12.3. The number of phosphoric ester groups is 4. The molecule has 0 aliphatic rings. The van der Waals surface area contributed by atoms with Crippen LogP contribution in [0.3, 0.4) is 0 Å². The molecule has 0 atom stereocenters. The lowest BCUT2D eigenvalue weighted by Crippen LogP contribution is -2.03. The molecule has 22 aromatic rings. The van der Waals surface area contributed by atoms with Gasteiger partial charge in [-0.3, -0.25) is 36.2 Å². The van der Waals surface area contributed by atoms with E-state index < -0.39 is 39.9 Å². The van der Waals surface area contributed by atoms with E-state index in [2.05, 4.69) is 97.1 Å². The van der Waals surface area contributed by atoms with E-state index in [-0.39, 0.29) is 52.9 Å². The fourth-order valence-corrected chi connectivity index (χ4v) is 23.8. The predicted octanol–water partition coefficient (Wildman–Crippen LogP) is 39.1. The fraction of sp³-hybridized carbons (Fsp3) is 0.153. The molecule has 0 aliphatic heterocycles. The summed E-state index contributed by atoms with van der Waals surface area (Å²) in [6, 6.07) is 113. The van der Waals surface area contributed by atoms with Gasteiger partial charge < -0.3 is 35.8 Å². The molecule has 4 heterocycles. The standard InChI is InChI=1S/2C58H48O10P2.2CHCl3/c2*1-5-61-69(59,62-6-2)67-49-31-29-37-17-9-13-21-45(37)53(49)55-47-23-15-11-19-41(47)33-43-35-51(65-57(43)55)39-25-27-40(28-26-39)52-36-44-34-42-20-12-16-24-48(42)56(58(44)66-52)54-46-22-14-10-18-38(46)30-32-50(54)68-70(60,63-7-3)64-8-4;2*2-1(3)4/h2*9-36H,5-8H2,1-4H3;2*1H. The Labute approximate surface area is 883 Å². The molecule has 0 saturated heterocycles. The highest BCUT2D eigenvalue weighted by Crippen LogP contribution is 2.61. The van der Waals surface area contributed by atoms with Crippen LogP contribution in [0.1, 0.15) is 55.4 Å². The van der Waals surface area contributed by atoms with E-state index in [0.717, 1.165) is 152 Å². The molecule has 18 aromatic carbocycles. The minimum absolute atomic E-state index is 0.143. The Morgan fingerprint density at radius 2 is 0.351 bits per heavy atom. The van der Waals surface area contributed by atoms with Gasteiger partial charge in [-0.15, -0.1) is 0 Å². The van der Waals surface area contributed by atoms with Gasteiger partial charge in [0.25, 0.3) is 0 Å². The zero-order valence-electron chi connectivity index (χ0n) is 81.4. The SMILES string of the molecule is CCOP(=O)(OCC)Oc1ccc2ccccc2c1-c1c2ccccc2cc2cc(-c3ccc(-c4cc5cc6ccccc6c(-c6c(OP(=O)(OCC)OCC)ccc7ccccc67)c5o4)cc3)oc12.CCOP(=O)(OCC)Oc1ccc2ccccc2c1-c1c2ccccc2cc2cc(-c3ccc(-c4cc5cc6ccccc6c(-c6c(OP(=O)(OCC)OCC)ccc7ccccc67)c5o4)cc3)oc12.ClC(Cl)Cl.ClC(Cl)Cl. The highest BCUT2D eigenvalue weighted by Gasteiger charge is 2.37. The molecule has 30 heteroatoms. The third kappa shape index (κ3) is 21.9. The van der Waals surface area contributed by atoms with Crippen molar-refractivity contribution < 1.29 is 90.2 Å². The van der Waals surface area contributed by atoms with Crippen LogP contribution in [0.15, 0.2) is 357 Å². The van der Waals surface area contributed by atoms with Gasteiger partial charge in [0, 0.05) is 88.3 Å². The van der Waals surface area contributed by atoms with E-state index in [9.17, 15) is 18.3 Å². The first-order valence-electron chi connectivity index (χ1n) is 48.2. The molecule has 22 rings (SSSR count).